The standard InChI is InChI=1S/C18H21NO3/c1-18(2)10-14(20)16(15(21)11-18)17-19(8-9-22-17)12-13-6-4-3-5-7-13/h3-7H,8-12H2,1-2H3. The Morgan fingerprint density at radius 1 is 1.09 bits per heavy atom. The predicted octanol–water partition coefficient (Wildman–Crippen LogP) is 2.69. The van der Waals surface area contributed by atoms with Crippen molar-refractivity contribution in [3.8, 4) is 0 Å². The Bertz CT molecular complexity index is 609. The molecule has 0 atom stereocenters. The zero-order valence-corrected chi connectivity index (χ0v) is 13.1. The van der Waals surface area contributed by atoms with Gasteiger partial charge in [0.05, 0.1) is 6.54 Å². The molecule has 1 aliphatic heterocycles. The molecule has 1 saturated carbocycles. The van der Waals surface area contributed by atoms with E-state index in [1.807, 2.05) is 49.1 Å². The van der Waals surface area contributed by atoms with Crippen molar-refractivity contribution < 1.29 is 14.3 Å². The lowest BCUT2D eigenvalue weighted by Crippen LogP contribution is -2.34. The molecule has 22 heavy (non-hydrogen) atoms. The summed E-state index contributed by atoms with van der Waals surface area (Å²) in [6.45, 7) is 5.81. The average molecular weight is 299 g/mol. The second-order valence-corrected chi connectivity index (χ2v) is 6.80. The molecule has 1 saturated heterocycles. The van der Waals surface area contributed by atoms with Gasteiger partial charge in [-0.05, 0) is 11.0 Å². The van der Waals surface area contributed by atoms with E-state index in [1.54, 1.807) is 0 Å². The van der Waals surface area contributed by atoms with Crippen LogP contribution in [0.5, 0.6) is 0 Å². The average Bonchev–Trinajstić information content (AvgIpc) is 2.86. The van der Waals surface area contributed by atoms with Crippen LogP contribution in [0.2, 0.25) is 0 Å². The Balaban J connectivity index is 1.88. The highest BCUT2D eigenvalue weighted by Crippen LogP contribution is 2.36. The van der Waals surface area contributed by atoms with E-state index in [4.69, 9.17) is 4.74 Å². The number of rotatable bonds is 2. The highest BCUT2D eigenvalue weighted by molar-refractivity contribution is 6.22. The van der Waals surface area contributed by atoms with E-state index in [9.17, 15) is 9.59 Å². The van der Waals surface area contributed by atoms with Crippen molar-refractivity contribution in [1.82, 2.24) is 4.90 Å². The summed E-state index contributed by atoms with van der Waals surface area (Å²) in [6, 6.07) is 10.0. The van der Waals surface area contributed by atoms with Crippen LogP contribution in [-0.4, -0.2) is 29.6 Å². The lowest BCUT2D eigenvalue weighted by atomic mass is 9.74. The zero-order valence-electron chi connectivity index (χ0n) is 13.1. The molecule has 2 aliphatic rings. The smallest absolute Gasteiger partial charge is 0.204 e. The van der Waals surface area contributed by atoms with Gasteiger partial charge in [-0.1, -0.05) is 44.2 Å². The number of ketones is 2. The van der Waals surface area contributed by atoms with Crippen LogP contribution in [0, 0.1) is 5.41 Å². The topological polar surface area (TPSA) is 46.6 Å². The van der Waals surface area contributed by atoms with Crippen molar-refractivity contribution in [2.24, 2.45) is 5.41 Å². The molecular weight excluding hydrogens is 278 g/mol. The Labute approximate surface area is 130 Å². The number of ether oxygens (including phenoxy) is 1. The molecule has 0 amide bonds. The van der Waals surface area contributed by atoms with Crippen molar-refractivity contribution in [1.29, 1.82) is 0 Å². The summed E-state index contributed by atoms with van der Waals surface area (Å²) in [5.74, 6) is 0.307. The quantitative estimate of drug-likeness (QED) is 0.622. The van der Waals surface area contributed by atoms with Crippen LogP contribution in [0.15, 0.2) is 41.8 Å². The summed E-state index contributed by atoms with van der Waals surface area (Å²) in [7, 11) is 0. The van der Waals surface area contributed by atoms with E-state index in [1.165, 1.54) is 0 Å². The first-order chi connectivity index (χ1) is 10.5. The molecular formula is C18H21NO3. The zero-order chi connectivity index (χ0) is 15.7. The first-order valence-corrected chi connectivity index (χ1v) is 7.69. The lowest BCUT2D eigenvalue weighted by molar-refractivity contribution is -0.127. The fourth-order valence-electron chi connectivity index (χ4n) is 3.13. The van der Waals surface area contributed by atoms with Gasteiger partial charge in [-0.25, -0.2) is 0 Å². The number of carbonyl (C=O) groups excluding carboxylic acids is 2. The van der Waals surface area contributed by atoms with Gasteiger partial charge < -0.3 is 9.64 Å². The number of benzene rings is 1. The molecule has 0 aromatic heterocycles. The number of carbonyl (C=O) groups is 2. The van der Waals surface area contributed by atoms with E-state index < -0.39 is 0 Å². The maximum atomic E-state index is 12.4. The number of Topliss-reactive ketones (excluding diaryl/α,β-unsaturated/α-hetero) is 2. The lowest BCUT2D eigenvalue weighted by Gasteiger charge is -2.30. The third kappa shape index (κ3) is 2.91. The predicted molar refractivity (Wildman–Crippen MR) is 82.9 cm³/mol. The van der Waals surface area contributed by atoms with Crippen LogP contribution in [-0.2, 0) is 20.9 Å². The summed E-state index contributed by atoms with van der Waals surface area (Å²) in [6.07, 6.45) is 0.806. The minimum absolute atomic E-state index is 0.0868. The molecule has 4 heteroatoms. The van der Waals surface area contributed by atoms with Crippen molar-refractivity contribution in [2.45, 2.75) is 33.2 Å². The number of hydrogen-bond acceptors (Lipinski definition) is 4. The highest BCUT2D eigenvalue weighted by Gasteiger charge is 2.40. The molecule has 1 heterocycles. The van der Waals surface area contributed by atoms with Gasteiger partial charge in [0, 0.05) is 19.4 Å². The number of nitrogens with zero attached hydrogens (tertiary/aromatic N) is 1. The van der Waals surface area contributed by atoms with Crippen LogP contribution in [0.1, 0.15) is 32.3 Å². The van der Waals surface area contributed by atoms with Gasteiger partial charge in [0.2, 0.25) is 5.88 Å². The molecule has 0 unspecified atom stereocenters. The molecule has 0 bridgehead atoms. The van der Waals surface area contributed by atoms with Crippen molar-refractivity contribution in [2.75, 3.05) is 13.2 Å². The monoisotopic (exact) mass is 299 g/mol. The Kier molecular flexibility index (Phi) is 3.77. The first-order valence-electron chi connectivity index (χ1n) is 7.69. The van der Waals surface area contributed by atoms with Crippen LogP contribution in [0.25, 0.3) is 0 Å². The van der Waals surface area contributed by atoms with E-state index in [0.717, 1.165) is 5.56 Å². The van der Waals surface area contributed by atoms with Gasteiger partial charge in [0.1, 0.15) is 12.2 Å². The SMILES string of the molecule is CC1(C)CC(=O)C(=C2OCCN2Cc2ccccc2)C(=O)C1. The maximum Gasteiger partial charge on any atom is 0.204 e. The molecule has 1 aliphatic carbocycles. The van der Waals surface area contributed by atoms with Gasteiger partial charge in [0.15, 0.2) is 11.6 Å². The number of allylic oxidation sites excluding steroid dienone is 1. The van der Waals surface area contributed by atoms with Crippen molar-refractivity contribution in [3.63, 3.8) is 0 Å². The second-order valence-electron chi connectivity index (χ2n) is 6.80. The van der Waals surface area contributed by atoms with E-state index in [0.29, 0.717) is 38.4 Å². The van der Waals surface area contributed by atoms with Crippen LogP contribution in [0.3, 0.4) is 0 Å². The second kappa shape index (κ2) is 5.59. The third-order valence-electron chi connectivity index (χ3n) is 4.15. The molecule has 116 valence electrons. The summed E-state index contributed by atoms with van der Waals surface area (Å²) in [5.41, 5.74) is 1.16. The van der Waals surface area contributed by atoms with Gasteiger partial charge >= 0.3 is 0 Å². The molecule has 3 rings (SSSR count). The molecule has 1 aromatic rings. The van der Waals surface area contributed by atoms with E-state index in [2.05, 4.69) is 0 Å². The summed E-state index contributed by atoms with van der Waals surface area (Å²) in [4.78, 5) is 26.8. The van der Waals surface area contributed by atoms with Gasteiger partial charge in [-0.3, -0.25) is 9.59 Å². The molecule has 0 spiro atoms. The Morgan fingerprint density at radius 2 is 1.73 bits per heavy atom. The summed E-state index contributed by atoms with van der Waals surface area (Å²) >= 11 is 0. The van der Waals surface area contributed by atoms with E-state index >= 15 is 0 Å². The summed E-state index contributed by atoms with van der Waals surface area (Å²) in [5, 5.41) is 0. The minimum Gasteiger partial charge on any atom is -0.477 e. The van der Waals surface area contributed by atoms with Crippen molar-refractivity contribution >= 4 is 11.6 Å². The fraction of sp³-hybridized carbons (Fsp3) is 0.444. The molecule has 4 nitrogen and oxygen atoms in total. The van der Waals surface area contributed by atoms with Gasteiger partial charge in [0.25, 0.3) is 0 Å². The van der Waals surface area contributed by atoms with Gasteiger partial charge in [-0.2, -0.15) is 0 Å². The molecule has 0 N–H and O–H groups in total. The fourth-order valence-corrected chi connectivity index (χ4v) is 3.13. The maximum absolute atomic E-state index is 12.4. The Hall–Kier alpha value is -2.10. The van der Waals surface area contributed by atoms with Crippen LogP contribution in [0.4, 0.5) is 0 Å². The van der Waals surface area contributed by atoms with Gasteiger partial charge in [-0.15, -0.1) is 0 Å². The first kappa shape index (κ1) is 14.8. The molecule has 2 fully saturated rings. The summed E-state index contributed by atoms with van der Waals surface area (Å²) < 4.78 is 5.65. The minimum atomic E-state index is -0.249. The number of hydrogen-bond donors (Lipinski definition) is 0. The van der Waals surface area contributed by atoms with Crippen LogP contribution >= 0.6 is 0 Å². The Morgan fingerprint density at radius 3 is 2.36 bits per heavy atom. The normalized spacial score (nSPS) is 21.3. The highest BCUT2D eigenvalue weighted by atomic mass is 16.5. The largest absolute Gasteiger partial charge is 0.477 e. The van der Waals surface area contributed by atoms with Crippen LogP contribution < -0.4 is 0 Å². The van der Waals surface area contributed by atoms with E-state index in [-0.39, 0.29) is 22.6 Å². The molecule has 1 aromatic carbocycles. The third-order valence-corrected chi connectivity index (χ3v) is 4.15. The van der Waals surface area contributed by atoms with Crippen molar-refractivity contribution in [3.05, 3.63) is 47.4 Å². The molecule has 0 radical (unpaired) electrons.